The molecule has 6 heteroatoms. The molecule has 1 N–H and O–H groups in total. The molecule has 1 rings (SSSR count). The van der Waals surface area contributed by atoms with Crippen LogP contribution in [0.2, 0.25) is 0 Å². The summed E-state index contributed by atoms with van der Waals surface area (Å²) in [5.74, 6) is 0.0535. The van der Waals surface area contributed by atoms with Crippen molar-refractivity contribution < 1.29 is 14.5 Å². The summed E-state index contributed by atoms with van der Waals surface area (Å²) in [6.07, 6.45) is 1.26. The standard InChI is InChI=1S/C11H12N2O4/c1-8(17-2)6-11(14)12-9-4-3-5-10(7-9)13(15)16/h3-7H,1-2H3,(H,12,14)/b8-6-. The SMILES string of the molecule is CO/C(C)=C\C(=O)Nc1cccc([N+](=O)[O-])c1. The number of carbonyl (C=O) groups is 1. The van der Waals surface area contributed by atoms with E-state index in [9.17, 15) is 14.9 Å². The molecular weight excluding hydrogens is 224 g/mol. The minimum Gasteiger partial charge on any atom is -0.501 e. The predicted octanol–water partition coefficient (Wildman–Crippen LogP) is 2.08. The van der Waals surface area contributed by atoms with Gasteiger partial charge in [-0.15, -0.1) is 0 Å². The first-order valence-corrected chi connectivity index (χ1v) is 4.80. The maximum atomic E-state index is 11.4. The zero-order chi connectivity index (χ0) is 12.8. The second-order valence-corrected chi connectivity index (χ2v) is 3.26. The first-order valence-electron chi connectivity index (χ1n) is 4.80. The van der Waals surface area contributed by atoms with Crippen molar-refractivity contribution in [3.05, 3.63) is 46.2 Å². The van der Waals surface area contributed by atoms with Crippen LogP contribution in [0.1, 0.15) is 6.92 Å². The number of anilines is 1. The first kappa shape index (κ1) is 12.7. The molecule has 90 valence electrons. The average Bonchev–Trinajstić information content (AvgIpc) is 2.28. The van der Waals surface area contributed by atoms with Gasteiger partial charge in [0.25, 0.3) is 11.6 Å². The smallest absolute Gasteiger partial charge is 0.271 e. The van der Waals surface area contributed by atoms with Crippen molar-refractivity contribution in [1.82, 2.24) is 0 Å². The zero-order valence-electron chi connectivity index (χ0n) is 9.47. The number of hydrogen-bond acceptors (Lipinski definition) is 4. The summed E-state index contributed by atoms with van der Waals surface area (Å²) in [4.78, 5) is 21.4. The van der Waals surface area contributed by atoms with Crippen LogP contribution in [-0.4, -0.2) is 17.9 Å². The van der Waals surface area contributed by atoms with E-state index in [0.717, 1.165) is 0 Å². The van der Waals surface area contributed by atoms with Gasteiger partial charge in [-0.1, -0.05) is 6.07 Å². The molecular formula is C11H12N2O4. The molecule has 0 heterocycles. The monoisotopic (exact) mass is 236 g/mol. The lowest BCUT2D eigenvalue weighted by Gasteiger charge is -2.03. The Kier molecular flexibility index (Phi) is 4.21. The van der Waals surface area contributed by atoms with Gasteiger partial charge in [0.2, 0.25) is 0 Å². The Bertz CT molecular complexity index is 468. The lowest BCUT2D eigenvalue weighted by molar-refractivity contribution is -0.384. The molecule has 1 aromatic carbocycles. The number of amides is 1. The van der Waals surface area contributed by atoms with Gasteiger partial charge >= 0.3 is 0 Å². The van der Waals surface area contributed by atoms with Crippen molar-refractivity contribution in [1.29, 1.82) is 0 Å². The van der Waals surface area contributed by atoms with Gasteiger partial charge in [0.1, 0.15) is 0 Å². The van der Waals surface area contributed by atoms with Crippen LogP contribution < -0.4 is 5.32 Å². The number of methoxy groups -OCH3 is 1. The van der Waals surface area contributed by atoms with Crippen LogP contribution in [0.5, 0.6) is 0 Å². The van der Waals surface area contributed by atoms with E-state index >= 15 is 0 Å². The predicted molar refractivity (Wildman–Crippen MR) is 62.5 cm³/mol. The highest BCUT2D eigenvalue weighted by atomic mass is 16.6. The van der Waals surface area contributed by atoms with Crippen molar-refractivity contribution in [2.24, 2.45) is 0 Å². The van der Waals surface area contributed by atoms with Gasteiger partial charge in [0, 0.05) is 23.9 Å². The number of rotatable bonds is 4. The Hall–Kier alpha value is -2.37. The Balaban J connectivity index is 2.79. The van der Waals surface area contributed by atoms with Crippen LogP contribution in [0, 0.1) is 10.1 Å². The Morgan fingerprint density at radius 2 is 2.24 bits per heavy atom. The van der Waals surface area contributed by atoms with Gasteiger partial charge in [-0.25, -0.2) is 0 Å². The van der Waals surface area contributed by atoms with Crippen LogP contribution >= 0.6 is 0 Å². The molecule has 0 aliphatic carbocycles. The number of nitro groups is 1. The number of benzene rings is 1. The molecule has 0 bridgehead atoms. The third-order valence-corrected chi connectivity index (χ3v) is 1.98. The fourth-order valence-electron chi connectivity index (χ4n) is 1.12. The number of non-ortho nitro benzene ring substituents is 1. The van der Waals surface area contributed by atoms with E-state index in [-0.39, 0.29) is 5.69 Å². The van der Waals surface area contributed by atoms with Gasteiger partial charge < -0.3 is 10.1 Å². The second-order valence-electron chi connectivity index (χ2n) is 3.26. The van der Waals surface area contributed by atoms with Gasteiger partial charge in [-0.2, -0.15) is 0 Å². The number of ether oxygens (including phenoxy) is 1. The number of allylic oxidation sites excluding steroid dienone is 1. The molecule has 0 saturated carbocycles. The molecule has 0 aliphatic heterocycles. The average molecular weight is 236 g/mol. The van der Waals surface area contributed by atoms with Crippen molar-refractivity contribution in [2.45, 2.75) is 6.92 Å². The topological polar surface area (TPSA) is 81.5 Å². The largest absolute Gasteiger partial charge is 0.501 e. The van der Waals surface area contributed by atoms with E-state index in [1.807, 2.05) is 0 Å². The summed E-state index contributed by atoms with van der Waals surface area (Å²) in [6, 6.07) is 5.71. The van der Waals surface area contributed by atoms with Crippen molar-refractivity contribution in [3.63, 3.8) is 0 Å². The second kappa shape index (κ2) is 5.64. The summed E-state index contributed by atoms with van der Waals surface area (Å²) < 4.78 is 4.81. The van der Waals surface area contributed by atoms with Gasteiger partial charge in [-0.05, 0) is 13.0 Å². The fourth-order valence-corrected chi connectivity index (χ4v) is 1.12. The van der Waals surface area contributed by atoms with E-state index in [4.69, 9.17) is 4.74 Å². The van der Waals surface area contributed by atoms with Crippen molar-refractivity contribution >= 4 is 17.3 Å². The van der Waals surface area contributed by atoms with E-state index < -0.39 is 10.8 Å². The van der Waals surface area contributed by atoms with Gasteiger partial charge in [0.05, 0.1) is 17.8 Å². The zero-order valence-corrected chi connectivity index (χ0v) is 9.47. The molecule has 0 spiro atoms. The highest BCUT2D eigenvalue weighted by Crippen LogP contribution is 2.16. The molecule has 0 saturated heterocycles. The summed E-state index contributed by atoms with van der Waals surface area (Å²) in [5, 5.41) is 13.0. The van der Waals surface area contributed by atoms with Crippen LogP contribution in [-0.2, 0) is 9.53 Å². The molecule has 0 unspecified atom stereocenters. The van der Waals surface area contributed by atoms with Crippen LogP contribution in [0.3, 0.4) is 0 Å². The van der Waals surface area contributed by atoms with Crippen molar-refractivity contribution in [2.75, 3.05) is 12.4 Å². The van der Waals surface area contributed by atoms with E-state index in [1.54, 1.807) is 13.0 Å². The molecule has 0 atom stereocenters. The minimum atomic E-state index is -0.522. The van der Waals surface area contributed by atoms with Gasteiger partial charge in [0.15, 0.2) is 0 Å². The van der Waals surface area contributed by atoms with E-state index in [1.165, 1.54) is 31.4 Å². The highest BCUT2D eigenvalue weighted by molar-refractivity contribution is 5.99. The lowest BCUT2D eigenvalue weighted by Crippen LogP contribution is -2.09. The molecule has 1 amide bonds. The van der Waals surface area contributed by atoms with Crippen LogP contribution in [0.4, 0.5) is 11.4 Å². The number of nitrogens with one attached hydrogen (secondary N) is 1. The molecule has 6 nitrogen and oxygen atoms in total. The Morgan fingerprint density at radius 1 is 1.53 bits per heavy atom. The third kappa shape index (κ3) is 3.94. The number of hydrogen-bond donors (Lipinski definition) is 1. The van der Waals surface area contributed by atoms with Crippen LogP contribution in [0.15, 0.2) is 36.1 Å². The number of carbonyl (C=O) groups excluding carboxylic acids is 1. The maximum Gasteiger partial charge on any atom is 0.271 e. The Labute approximate surface area is 98.0 Å². The quantitative estimate of drug-likeness (QED) is 0.375. The summed E-state index contributed by atoms with van der Waals surface area (Å²) in [5.41, 5.74) is 0.291. The third-order valence-electron chi connectivity index (χ3n) is 1.98. The van der Waals surface area contributed by atoms with Crippen molar-refractivity contribution in [3.8, 4) is 0 Å². The molecule has 0 fully saturated rings. The minimum absolute atomic E-state index is 0.0738. The van der Waals surface area contributed by atoms with E-state index in [2.05, 4.69) is 5.32 Å². The fraction of sp³-hybridized carbons (Fsp3) is 0.182. The number of nitro benzene ring substituents is 1. The lowest BCUT2D eigenvalue weighted by atomic mass is 10.3. The van der Waals surface area contributed by atoms with Crippen LogP contribution in [0.25, 0.3) is 0 Å². The summed E-state index contributed by atoms with van der Waals surface area (Å²) >= 11 is 0. The van der Waals surface area contributed by atoms with E-state index in [0.29, 0.717) is 11.4 Å². The number of nitrogens with zero attached hydrogens (tertiary/aromatic N) is 1. The summed E-state index contributed by atoms with van der Waals surface area (Å²) in [7, 11) is 1.45. The molecule has 1 aromatic rings. The van der Waals surface area contributed by atoms with Gasteiger partial charge in [-0.3, -0.25) is 14.9 Å². The Morgan fingerprint density at radius 3 is 2.82 bits per heavy atom. The first-order chi connectivity index (χ1) is 8.02. The maximum absolute atomic E-state index is 11.4. The molecule has 0 aliphatic rings. The summed E-state index contributed by atoms with van der Waals surface area (Å²) in [6.45, 7) is 1.63. The molecule has 0 radical (unpaired) electrons. The molecule has 17 heavy (non-hydrogen) atoms. The highest BCUT2D eigenvalue weighted by Gasteiger charge is 2.07. The molecule has 0 aromatic heterocycles. The normalized spacial score (nSPS) is 10.8.